The fourth-order valence-corrected chi connectivity index (χ4v) is 2.83. The third-order valence-corrected chi connectivity index (χ3v) is 4.13. The van der Waals surface area contributed by atoms with Crippen LogP contribution in [-0.4, -0.2) is 29.3 Å². The first-order chi connectivity index (χ1) is 11.0. The smallest absolute Gasteiger partial charge is 0.0991 e. The zero-order valence-corrected chi connectivity index (χ0v) is 12.5. The first-order valence-electron chi connectivity index (χ1n) is 7.49. The molecule has 3 N–H and O–H groups in total. The zero-order valence-electron chi connectivity index (χ0n) is 12.5. The molecular formula is C18H18NO4-. The molecule has 2 aromatic rings. The van der Waals surface area contributed by atoms with Gasteiger partial charge in [0.15, 0.2) is 0 Å². The molecule has 120 valence electrons. The number of carbonyl (C=O) groups is 1. The number of carboxylic acids is 1. The third kappa shape index (κ3) is 3.42. The van der Waals surface area contributed by atoms with Crippen LogP contribution < -0.4 is 10.8 Å². The summed E-state index contributed by atoms with van der Waals surface area (Å²) in [5.41, 5.74) is 6.77. The van der Waals surface area contributed by atoms with Gasteiger partial charge in [0.05, 0.1) is 30.8 Å². The summed E-state index contributed by atoms with van der Waals surface area (Å²) < 4.78 is 5.72. The van der Waals surface area contributed by atoms with Crippen LogP contribution in [0.25, 0.3) is 10.8 Å². The molecule has 23 heavy (non-hydrogen) atoms. The van der Waals surface area contributed by atoms with E-state index in [0.29, 0.717) is 0 Å². The molecule has 5 nitrogen and oxygen atoms in total. The van der Waals surface area contributed by atoms with Gasteiger partial charge in [-0.3, -0.25) is 0 Å². The predicted octanol–water partition coefficient (Wildman–Crippen LogP) is 0.493. The van der Waals surface area contributed by atoms with Gasteiger partial charge in [-0.05, 0) is 28.0 Å². The Morgan fingerprint density at radius 1 is 1.26 bits per heavy atom. The number of hydrogen-bond acceptors (Lipinski definition) is 5. The second-order valence-electron chi connectivity index (χ2n) is 5.78. The molecule has 0 unspecified atom stereocenters. The molecule has 0 aliphatic heterocycles. The fourth-order valence-electron chi connectivity index (χ4n) is 2.83. The van der Waals surface area contributed by atoms with Crippen molar-refractivity contribution >= 4 is 16.7 Å². The number of aliphatic hydroxyl groups excluding tert-OH is 1. The maximum absolute atomic E-state index is 11.0. The van der Waals surface area contributed by atoms with Gasteiger partial charge in [-0.25, -0.2) is 0 Å². The van der Waals surface area contributed by atoms with Crippen molar-refractivity contribution in [3.63, 3.8) is 0 Å². The monoisotopic (exact) mass is 312 g/mol. The lowest BCUT2D eigenvalue weighted by Crippen LogP contribution is -2.48. The maximum Gasteiger partial charge on any atom is 0.0991 e. The van der Waals surface area contributed by atoms with E-state index in [1.54, 1.807) is 0 Å². The Hall–Kier alpha value is -2.21. The SMILES string of the molecule is N[C@H]1C=C(C(=O)[O-])C[C@@H](OCc2ccc3ccccc3c2)[C@@H]1O. The Morgan fingerprint density at radius 3 is 2.74 bits per heavy atom. The van der Waals surface area contributed by atoms with Gasteiger partial charge in [0, 0.05) is 6.42 Å². The zero-order chi connectivity index (χ0) is 16.4. The lowest BCUT2D eigenvalue weighted by Gasteiger charge is -2.32. The van der Waals surface area contributed by atoms with Crippen molar-refractivity contribution in [2.45, 2.75) is 31.3 Å². The summed E-state index contributed by atoms with van der Waals surface area (Å²) in [4.78, 5) is 11.0. The molecule has 0 radical (unpaired) electrons. The van der Waals surface area contributed by atoms with E-state index in [2.05, 4.69) is 0 Å². The standard InChI is InChI=1S/C18H19NO4/c19-15-8-14(18(21)22)9-16(17(15)20)23-10-11-5-6-12-3-1-2-4-13(12)7-11/h1-8,15-17,20H,9-10,19H2,(H,21,22)/p-1/t15-,16+,17+/m0/s1. The minimum atomic E-state index is -1.27. The van der Waals surface area contributed by atoms with Gasteiger partial charge < -0.3 is 25.5 Å². The Morgan fingerprint density at radius 2 is 2.00 bits per heavy atom. The number of carboxylic acid groups (broad SMARTS) is 1. The number of benzene rings is 2. The Bertz CT molecular complexity index is 756. The molecule has 0 saturated heterocycles. The maximum atomic E-state index is 11.0. The molecular weight excluding hydrogens is 294 g/mol. The van der Waals surface area contributed by atoms with Crippen LogP contribution in [0.2, 0.25) is 0 Å². The molecule has 0 amide bonds. The highest BCUT2D eigenvalue weighted by molar-refractivity contribution is 5.85. The van der Waals surface area contributed by atoms with E-state index in [1.807, 2.05) is 42.5 Å². The van der Waals surface area contributed by atoms with Gasteiger partial charge in [0.25, 0.3) is 0 Å². The fraction of sp³-hybridized carbons (Fsp3) is 0.278. The van der Waals surface area contributed by atoms with E-state index >= 15 is 0 Å². The first kappa shape index (κ1) is 15.7. The molecule has 5 heteroatoms. The minimum Gasteiger partial charge on any atom is -0.545 e. The summed E-state index contributed by atoms with van der Waals surface area (Å²) in [5.74, 6) is -1.27. The minimum absolute atomic E-state index is 0.0753. The number of hydrogen-bond donors (Lipinski definition) is 2. The van der Waals surface area contributed by atoms with Crippen LogP contribution in [0.3, 0.4) is 0 Å². The molecule has 0 aromatic heterocycles. The molecule has 0 heterocycles. The topological polar surface area (TPSA) is 95.6 Å². The first-order valence-corrected chi connectivity index (χ1v) is 7.49. The summed E-state index contributed by atoms with van der Waals surface area (Å²) in [6.45, 7) is 0.277. The summed E-state index contributed by atoms with van der Waals surface area (Å²) in [6, 6.07) is 13.2. The highest BCUT2D eigenvalue weighted by atomic mass is 16.5. The molecule has 0 bridgehead atoms. The van der Waals surface area contributed by atoms with E-state index in [-0.39, 0.29) is 18.6 Å². The van der Waals surface area contributed by atoms with E-state index in [4.69, 9.17) is 10.5 Å². The summed E-state index contributed by atoms with van der Waals surface area (Å²) in [7, 11) is 0. The summed E-state index contributed by atoms with van der Waals surface area (Å²) in [5, 5.41) is 23.3. The molecule has 3 atom stereocenters. The van der Waals surface area contributed by atoms with E-state index in [9.17, 15) is 15.0 Å². The molecule has 0 saturated carbocycles. The Labute approximate surface area is 134 Å². The predicted molar refractivity (Wildman–Crippen MR) is 84.2 cm³/mol. The van der Waals surface area contributed by atoms with Crippen molar-refractivity contribution in [1.82, 2.24) is 0 Å². The molecule has 0 spiro atoms. The molecule has 1 aliphatic rings. The number of ether oxygens (including phenoxy) is 1. The quantitative estimate of drug-likeness (QED) is 0.857. The lowest BCUT2D eigenvalue weighted by molar-refractivity contribution is -0.300. The van der Waals surface area contributed by atoms with Crippen LogP contribution >= 0.6 is 0 Å². The van der Waals surface area contributed by atoms with Crippen LogP contribution in [0.5, 0.6) is 0 Å². The molecule has 3 rings (SSSR count). The van der Waals surface area contributed by atoms with Crippen molar-refractivity contribution in [3.05, 3.63) is 59.7 Å². The molecule has 0 fully saturated rings. The van der Waals surface area contributed by atoms with E-state index in [0.717, 1.165) is 16.3 Å². The van der Waals surface area contributed by atoms with Crippen molar-refractivity contribution < 1.29 is 19.7 Å². The molecule has 2 aromatic carbocycles. The van der Waals surface area contributed by atoms with Gasteiger partial charge >= 0.3 is 0 Å². The number of carbonyl (C=O) groups excluding carboxylic acids is 1. The van der Waals surface area contributed by atoms with Crippen LogP contribution in [0.4, 0.5) is 0 Å². The number of rotatable bonds is 4. The van der Waals surface area contributed by atoms with Gasteiger partial charge in [-0.15, -0.1) is 0 Å². The Kier molecular flexibility index (Phi) is 4.43. The average molecular weight is 312 g/mol. The number of fused-ring (bicyclic) bond motifs is 1. The van der Waals surface area contributed by atoms with Crippen molar-refractivity contribution in [2.75, 3.05) is 0 Å². The lowest BCUT2D eigenvalue weighted by atomic mass is 9.91. The van der Waals surface area contributed by atoms with E-state index in [1.165, 1.54) is 6.08 Å². The third-order valence-electron chi connectivity index (χ3n) is 4.13. The largest absolute Gasteiger partial charge is 0.545 e. The van der Waals surface area contributed by atoms with Crippen LogP contribution in [0.15, 0.2) is 54.1 Å². The van der Waals surface area contributed by atoms with E-state index < -0.39 is 24.2 Å². The van der Waals surface area contributed by atoms with Crippen molar-refractivity contribution in [2.24, 2.45) is 5.73 Å². The summed E-state index contributed by atoms with van der Waals surface area (Å²) in [6.07, 6.45) is -0.173. The second-order valence-corrected chi connectivity index (χ2v) is 5.78. The van der Waals surface area contributed by atoms with Gasteiger partial charge in [-0.1, -0.05) is 42.5 Å². The van der Waals surface area contributed by atoms with Gasteiger partial charge in [0.2, 0.25) is 0 Å². The normalized spacial score (nSPS) is 24.4. The highest BCUT2D eigenvalue weighted by Gasteiger charge is 2.30. The van der Waals surface area contributed by atoms with Crippen molar-refractivity contribution in [3.8, 4) is 0 Å². The number of aliphatic carboxylic acids is 1. The molecule has 1 aliphatic carbocycles. The second kappa shape index (κ2) is 6.50. The Balaban J connectivity index is 1.71. The van der Waals surface area contributed by atoms with Gasteiger partial charge in [-0.2, -0.15) is 0 Å². The average Bonchev–Trinajstić information content (AvgIpc) is 2.55. The van der Waals surface area contributed by atoms with Gasteiger partial charge in [0.1, 0.15) is 0 Å². The van der Waals surface area contributed by atoms with Crippen LogP contribution in [0.1, 0.15) is 12.0 Å². The van der Waals surface area contributed by atoms with Crippen LogP contribution in [-0.2, 0) is 16.1 Å². The summed E-state index contributed by atoms with van der Waals surface area (Å²) >= 11 is 0. The number of aliphatic hydroxyl groups is 1. The highest BCUT2D eigenvalue weighted by Crippen LogP contribution is 2.23. The number of nitrogens with two attached hydrogens (primary N) is 1. The van der Waals surface area contributed by atoms with Crippen molar-refractivity contribution in [1.29, 1.82) is 0 Å². The van der Waals surface area contributed by atoms with Crippen LogP contribution in [0, 0.1) is 0 Å².